The lowest BCUT2D eigenvalue weighted by Crippen LogP contribution is -2.49. The van der Waals surface area contributed by atoms with Gasteiger partial charge >= 0.3 is 18.0 Å². The molecule has 17 heteroatoms. The van der Waals surface area contributed by atoms with E-state index in [2.05, 4.69) is 21.3 Å². The highest BCUT2D eigenvalue weighted by Gasteiger charge is 2.22. The van der Waals surface area contributed by atoms with Crippen molar-refractivity contribution in [1.82, 2.24) is 21.3 Å². The third-order valence-electron chi connectivity index (χ3n) is 5.42. The molecule has 0 saturated carbocycles. The van der Waals surface area contributed by atoms with Crippen molar-refractivity contribution in [3.05, 3.63) is 29.8 Å². The van der Waals surface area contributed by atoms with Crippen LogP contribution in [0.3, 0.4) is 0 Å². The average molecular weight is 598 g/mol. The minimum atomic E-state index is -1.44. The van der Waals surface area contributed by atoms with Crippen molar-refractivity contribution < 1.29 is 58.0 Å². The van der Waals surface area contributed by atoms with Crippen molar-refractivity contribution in [2.75, 3.05) is 19.7 Å². The van der Waals surface area contributed by atoms with Crippen LogP contribution in [0.5, 0.6) is 5.75 Å². The lowest BCUT2D eigenvalue weighted by molar-refractivity contribution is -0.141. The number of nitrogens with one attached hydrogen (secondary N) is 4. The number of carbonyl (C=O) groups is 7. The maximum Gasteiger partial charge on any atom is 0.326 e. The number of unbranched alkanes of at least 4 members (excludes halogenated alkanes) is 1. The molecule has 0 aliphatic heterocycles. The maximum absolute atomic E-state index is 12.1. The zero-order chi connectivity index (χ0) is 31.3. The molecule has 232 valence electrons. The fraction of sp³-hybridized carbons (Fsp3) is 0.480. The molecule has 42 heavy (non-hydrogen) atoms. The number of ether oxygens (including phenoxy) is 3. The Morgan fingerprint density at radius 2 is 1.52 bits per heavy atom. The molecule has 1 aromatic rings. The standard InChI is InChI=1S/C25H35N5O12/c26-12-19(33)29-22(42-15-32)11-16-4-6-17(7-5-16)40-13-20(34)27-10-2-1-3-21(41-14-31)30-25(39)28-18(24(37)38)8-9-23(35)36/h4-7,14-15,18,21-22H,1-3,8-13,26H2,(H,27,34)(H,29,33)(H,35,36)(H,37,38)(H2,28,30,39)/t18-,21+,22+/m0/s1. The molecule has 8 N–H and O–H groups in total. The topological polar surface area (TPSA) is 262 Å². The van der Waals surface area contributed by atoms with Gasteiger partial charge in [-0.1, -0.05) is 12.1 Å². The smallest absolute Gasteiger partial charge is 0.326 e. The number of rotatable bonds is 22. The van der Waals surface area contributed by atoms with Gasteiger partial charge in [-0.05, 0) is 37.0 Å². The predicted molar refractivity (Wildman–Crippen MR) is 142 cm³/mol. The van der Waals surface area contributed by atoms with E-state index in [1.807, 2.05) is 0 Å². The van der Waals surface area contributed by atoms with Gasteiger partial charge in [-0.15, -0.1) is 0 Å². The Morgan fingerprint density at radius 3 is 2.12 bits per heavy atom. The number of hydrogen-bond acceptors (Lipinski definition) is 11. The molecular formula is C25H35N5O12. The van der Waals surface area contributed by atoms with Gasteiger partial charge in [-0.25, -0.2) is 9.59 Å². The normalized spacial score (nSPS) is 12.4. The molecule has 1 aromatic carbocycles. The fourth-order valence-electron chi connectivity index (χ4n) is 3.37. The van der Waals surface area contributed by atoms with Crippen molar-refractivity contribution in [2.45, 2.75) is 57.0 Å². The van der Waals surface area contributed by atoms with E-state index >= 15 is 0 Å². The molecular weight excluding hydrogens is 562 g/mol. The molecule has 0 unspecified atom stereocenters. The van der Waals surface area contributed by atoms with Gasteiger partial charge in [-0.3, -0.25) is 24.0 Å². The summed E-state index contributed by atoms with van der Waals surface area (Å²) in [6.07, 6.45) is -1.55. The molecule has 0 saturated heterocycles. The van der Waals surface area contributed by atoms with Crippen LogP contribution in [0, 0.1) is 0 Å². The second-order valence-electron chi connectivity index (χ2n) is 8.64. The van der Waals surface area contributed by atoms with Crippen LogP contribution in [0.1, 0.15) is 37.7 Å². The van der Waals surface area contributed by atoms with E-state index in [-0.39, 0.29) is 51.9 Å². The van der Waals surface area contributed by atoms with E-state index < -0.39 is 54.7 Å². The Bertz CT molecular complexity index is 1050. The first-order valence-electron chi connectivity index (χ1n) is 12.8. The van der Waals surface area contributed by atoms with Crippen LogP contribution in [0.25, 0.3) is 0 Å². The molecule has 17 nitrogen and oxygen atoms in total. The van der Waals surface area contributed by atoms with E-state index in [1.165, 1.54) is 0 Å². The fourth-order valence-corrected chi connectivity index (χ4v) is 3.37. The number of nitrogens with two attached hydrogens (primary N) is 1. The number of urea groups is 1. The summed E-state index contributed by atoms with van der Waals surface area (Å²) in [5.41, 5.74) is 5.96. The Kier molecular flexibility index (Phi) is 16.7. The van der Waals surface area contributed by atoms with E-state index in [0.29, 0.717) is 18.6 Å². The van der Waals surface area contributed by atoms with Gasteiger partial charge in [0.15, 0.2) is 19.1 Å². The summed E-state index contributed by atoms with van der Waals surface area (Å²) in [6.45, 7) is 0.0660. The molecule has 1 rings (SSSR count). The zero-order valence-corrected chi connectivity index (χ0v) is 22.6. The van der Waals surface area contributed by atoms with Gasteiger partial charge in [0, 0.05) is 25.8 Å². The number of carboxylic acids is 2. The van der Waals surface area contributed by atoms with Crippen LogP contribution in [0.2, 0.25) is 0 Å². The Hall–Kier alpha value is -4.93. The van der Waals surface area contributed by atoms with E-state index in [0.717, 1.165) is 5.56 Å². The van der Waals surface area contributed by atoms with Crippen molar-refractivity contribution >= 4 is 42.7 Å². The van der Waals surface area contributed by atoms with Gasteiger partial charge in [0.25, 0.3) is 18.9 Å². The summed E-state index contributed by atoms with van der Waals surface area (Å²) in [7, 11) is 0. The summed E-state index contributed by atoms with van der Waals surface area (Å²) < 4.78 is 15.0. The highest BCUT2D eigenvalue weighted by atomic mass is 16.5. The molecule has 0 heterocycles. The molecule has 0 fully saturated rings. The minimum Gasteiger partial charge on any atom is -0.484 e. The molecule has 0 radical (unpaired) electrons. The van der Waals surface area contributed by atoms with Gasteiger partial charge in [-0.2, -0.15) is 0 Å². The molecule has 0 spiro atoms. The number of aliphatic carboxylic acids is 2. The largest absolute Gasteiger partial charge is 0.484 e. The van der Waals surface area contributed by atoms with Crippen molar-refractivity contribution in [1.29, 1.82) is 0 Å². The summed E-state index contributed by atoms with van der Waals surface area (Å²) in [4.78, 5) is 78.8. The first-order chi connectivity index (χ1) is 20.1. The summed E-state index contributed by atoms with van der Waals surface area (Å²) in [5.74, 6) is -3.12. The van der Waals surface area contributed by atoms with Gasteiger partial charge in [0.1, 0.15) is 11.8 Å². The molecule has 4 amide bonds. The van der Waals surface area contributed by atoms with Crippen molar-refractivity contribution in [3.63, 3.8) is 0 Å². The lowest BCUT2D eigenvalue weighted by Gasteiger charge is -2.19. The predicted octanol–water partition coefficient (Wildman–Crippen LogP) is -1.42. The average Bonchev–Trinajstić information content (AvgIpc) is 2.94. The number of hydrogen-bond donors (Lipinski definition) is 7. The summed E-state index contributed by atoms with van der Waals surface area (Å²) >= 11 is 0. The van der Waals surface area contributed by atoms with E-state index in [9.17, 15) is 33.6 Å². The third-order valence-corrected chi connectivity index (χ3v) is 5.42. The van der Waals surface area contributed by atoms with Crippen LogP contribution < -0.4 is 31.7 Å². The van der Waals surface area contributed by atoms with Crippen molar-refractivity contribution in [3.8, 4) is 5.75 Å². The van der Waals surface area contributed by atoms with Crippen LogP contribution in [0.15, 0.2) is 24.3 Å². The Morgan fingerprint density at radius 1 is 0.857 bits per heavy atom. The van der Waals surface area contributed by atoms with E-state index in [4.69, 9.17) is 30.2 Å². The SMILES string of the molecule is NCC(=O)N[C@@H](Cc1ccc(OCC(=O)NCCCC[C@H](NC(=O)N[C@@H](CCC(=O)O)C(=O)O)OC=O)cc1)OC=O. The van der Waals surface area contributed by atoms with Gasteiger partial charge < -0.3 is 51.4 Å². The number of carbonyl (C=O) groups excluding carboxylic acids is 5. The number of benzene rings is 1. The van der Waals surface area contributed by atoms with Crippen LogP contribution in [0.4, 0.5) is 4.79 Å². The Balaban J connectivity index is 2.37. The lowest BCUT2D eigenvalue weighted by atomic mass is 10.1. The zero-order valence-electron chi connectivity index (χ0n) is 22.6. The highest BCUT2D eigenvalue weighted by molar-refractivity contribution is 5.83. The first kappa shape index (κ1) is 35.1. The van der Waals surface area contributed by atoms with Crippen LogP contribution in [-0.4, -0.2) is 91.1 Å². The minimum absolute atomic E-state index is 0.118. The second kappa shape index (κ2) is 20.0. The molecule has 0 aromatic heterocycles. The molecule has 0 aliphatic carbocycles. The second-order valence-corrected chi connectivity index (χ2v) is 8.64. The van der Waals surface area contributed by atoms with Crippen LogP contribution >= 0.6 is 0 Å². The molecule has 0 bridgehead atoms. The summed E-state index contributed by atoms with van der Waals surface area (Å²) in [5, 5.41) is 27.3. The van der Waals surface area contributed by atoms with Crippen LogP contribution in [-0.2, 0) is 44.7 Å². The molecule has 0 aliphatic rings. The summed E-state index contributed by atoms with van der Waals surface area (Å²) in [6, 6.07) is 4.16. The quantitative estimate of drug-likeness (QED) is 0.0460. The number of carboxylic acid groups (broad SMARTS) is 2. The third kappa shape index (κ3) is 15.6. The number of amides is 4. The first-order valence-corrected chi connectivity index (χ1v) is 12.8. The van der Waals surface area contributed by atoms with Gasteiger partial charge in [0.05, 0.1) is 6.54 Å². The monoisotopic (exact) mass is 597 g/mol. The van der Waals surface area contributed by atoms with Gasteiger partial charge in [0.2, 0.25) is 5.91 Å². The maximum atomic E-state index is 12.1. The van der Waals surface area contributed by atoms with Crippen molar-refractivity contribution in [2.24, 2.45) is 5.73 Å². The highest BCUT2D eigenvalue weighted by Crippen LogP contribution is 2.14. The van der Waals surface area contributed by atoms with E-state index in [1.54, 1.807) is 24.3 Å². The molecule has 3 atom stereocenters. The Labute approximate surface area is 240 Å².